The Morgan fingerprint density at radius 3 is 2.52 bits per heavy atom. The summed E-state index contributed by atoms with van der Waals surface area (Å²) in [6.07, 6.45) is 0.120. The van der Waals surface area contributed by atoms with Crippen LogP contribution in [0.15, 0.2) is 48.5 Å². The predicted molar refractivity (Wildman–Crippen MR) is 103 cm³/mol. The molecule has 0 unspecified atom stereocenters. The number of carbonyl (C=O) groups excluding carboxylic acids is 2. The highest BCUT2D eigenvalue weighted by Crippen LogP contribution is 2.23. The van der Waals surface area contributed by atoms with Gasteiger partial charge in [0.15, 0.2) is 0 Å². The van der Waals surface area contributed by atoms with Crippen molar-refractivity contribution in [1.29, 1.82) is 0 Å². The minimum atomic E-state index is -0.468. The van der Waals surface area contributed by atoms with Crippen molar-refractivity contribution < 1.29 is 14.5 Å². The largest absolute Gasteiger partial charge is 0.352 e. The molecule has 2 rings (SSSR count). The van der Waals surface area contributed by atoms with Gasteiger partial charge in [-0.15, -0.1) is 0 Å². The second-order valence-electron chi connectivity index (χ2n) is 6.05. The van der Waals surface area contributed by atoms with Crippen molar-refractivity contribution in [3.63, 3.8) is 0 Å². The minimum absolute atomic E-state index is 0.0181. The lowest BCUT2D eigenvalue weighted by atomic mass is 10.1. The van der Waals surface area contributed by atoms with E-state index in [1.54, 1.807) is 50.4 Å². The van der Waals surface area contributed by atoms with Crippen molar-refractivity contribution in [3.05, 3.63) is 74.8 Å². The molecule has 0 bridgehead atoms. The summed E-state index contributed by atoms with van der Waals surface area (Å²) in [7, 11) is 1.63. The second kappa shape index (κ2) is 9.14. The first-order valence-electron chi connectivity index (χ1n) is 8.33. The Hall–Kier alpha value is -2.93. The molecule has 0 spiro atoms. The molecular weight excluding hydrogens is 370 g/mol. The molecule has 142 valence electrons. The normalized spacial score (nSPS) is 11.5. The molecule has 0 saturated carbocycles. The number of nitrogens with one attached hydrogen (secondary N) is 1. The van der Waals surface area contributed by atoms with E-state index in [0.717, 1.165) is 0 Å². The highest BCUT2D eigenvalue weighted by molar-refractivity contribution is 6.30. The maximum atomic E-state index is 12.4. The highest BCUT2D eigenvalue weighted by Gasteiger charge is 2.19. The highest BCUT2D eigenvalue weighted by atomic mass is 35.5. The second-order valence-corrected chi connectivity index (χ2v) is 6.48. The molecule has 0 saturated heterocycles. The summed E-state index contributed by atoms with van der Waals surface area (Å²) in [6.45, 7) is 1.98. The fourth-order valence-electron chi connectivity index (χ4n) is 2.50. The summed E-state index contributed by atoms with van der Waals surface area (Å²) < 4.78 is 0. The lowest BCUT2D eigenvalue weighted by Gasteiger charge is -2.25. The molecule has 0 aliphatic carbocycles. The molecule has 7 nitrogen and oxygen atoms in total. The number of benzene rings is 2. The van der Waals surface area contributed by atoms with E-state index in [9.17, 15) is 19.7 Å². The molecule has 0 aromatic heterocycles. The van der Waals surface area contributed by atoms with E-state index in [2.05, 4.69) is 5.32 Å². The van der Waals surface area contributed by atoms with E-state index in [0.29, 0.717) is 16.1 Å². The van der Waals surface area contributed by atoms with Gasteiger partial charge in [0.25, 0.3) is 11.6 Å². The standard InChI is InChI=1S/C19H20ClN3O4/c1-13(15-4-3-5-17(12-15)23(26)27)22(2)18(24)10-11-21-19(25)14-6-8-16(20)9-7-14/h3-9,12-13H,10-11H2,1-2H3,(H,21,25)/t13-/m1/s1. The lowest BCUT2D eigenvalue weighted by Crippen LogP contribution is -2.33. The first-order valence-corrected chi connectivity index (χ1v) is 8.71. The van der Waals surface area contributed by atoms with Gasteiger partial charge < -0.3 is 10.2 Å². The fraction of sp³-hybridized carbons (Fsp3) is 0.263. The number of hydrogen-bond acceptors (Lipinski definition) is 4. The third-order valence-electron chi connectivity index (χ3n) is 4.27. The first-order chi connectivity index (χ1) is 12.8. The zero-order valence-corrected chi connectivity index (χ0v) is 15.8. The van der Waals surface area contributed by atoms with Gasteiger partial charge in [-0.1, -0.05) is 23.7 Å². The Morgan fingerprint density at radius 1 is 1.22 bits per heavy atom. The SMILES string of the molecule is C[C@H](c1cccc([N+](=O)[O-])c1)N(C)C(=O)CCNC(=O)c1ccc(Cl)cc1. The quantitative estimate of drug-likeness (QED) is 0.578. The number of nitrogens with zero attached hydrogens (tertiary/aromatic N) is 2. The monoisotopic (exact) mass is 389 g/mol. The molecule has 0 aliphatic heterocycles. The van der Waals surface area contributed by atoms with E-state index < -0.39 is 4.92 Å². The molecule has 8 heteroatoms. The molecule has 0 aliphatic rings. The Kier molecular flexibility index (Phi) is 6.90. The van der Waals surface area contributed by atoms with Crippen LogP contribution < -0.4 is 5.32 Å². The van der Waals surface area contributed by atoms with Gasteiger partial charge in [-0.2, -0.15) is 0 Å². The van der Waals surface area contributed by atoms with Crippen LogP contribution in [-0.4, -0.2) is 35.2 Å². The smallest absolute Gasteiger partial charge is 0.269 e. The van der Waals surface area contributed by atoms with Gasteiger partial charge in [0.1, 0.15) is 0 Å². The number of non-ortho nitro benzene ring substituents is 1. The van der Waals surface area contributed by atoms with Crippen molar-refractivity contribution in [3.8, 4) is 0 Å². The van der Waals surface area contributed by atoms with Gasteiger partial charge in [0, 0.05) is 42.7 Å². The number of amides is 2. The Bertz CT molecular complexity index is 839. The molecule has 1 N–H and O–H groups in total. The molecule has 0 heterocycles. The van der Waals surface area contributed by atoms with E-state index in [1.807, 2.05) is 0 Å². The van der Waals surface area contributed by atoms with Crippen molar-refractivity contribution in [2.24, 2.45) is 0 Å². The molecule has 27 heavy (non-hydrogen) atoms. The number of rotatable bonds is 7. The van der Waals surface area contributed by atoms with Gasteiger partial charge in [-0.05, 0) is 36.8 Å². The average Bonchev–Trinajstić information content (AvgIpc) is 2.67. The Morgan fingerprint density at radius 2 is 1.89 bits per heavy atom. The van der Waals surface area contributed by atoms with Crippen LogP contribution in [0.3, 0.4) is 0 Å². The zero-order chi connectivity index (χ0) is 20.0. The first kappa shape index (κ1) is 20.4. The summed E-state index contributed by atoms with van der Waals surface area (Å²) in [6, 6.07) is 12.3. The van der Waals surface area contributed by atoms with Gasteiger partial charge >= 0.3 is 0 Å². The van der Waals surface area contributed by atoms with Crippen LogP contribution in [0.5, 0.6) is 0 Å². The van der Waals surface area contributed by atoms with Gasteiger partial charge in [-0.3, -0.25) is 19.7 Å². The average molecular weight is 390 g/mol. The minimum Gasteiger partial charge on any atom is -0.352 e. The topological polar surface area (TPSA) is 92.6 Å². The van der Waals surface area contributed by atoms with Crippen LogP contribution in [-0.2, 0) is 4.79 Å². The van der Waals surface area contributed by atoms with E-state index >= 15 is 0 Å². The summed E-state index contributed by atoms with van der Waals surface area (Å²) in [5, 5.41) is 14.1. The van der Waals surface area contributed by atoms with Crippen molar-refractivity contribution in [2.75, 3.05) is 13.6 Å². The van der Waals surface area contributed by atoms with Crippen LogP contribution in [0.1, 0.15) is 35.3 Å². The zero-order valence-electron chi connectivity index (χ0n) is 15.0. The van der Waals surface area contributed by atoms with Crippen LogP contribution in [0.4, 0.5) is 5.69 Å². The molecule has 1 atom stereocenters. The fourth-order valence-corrected chi connectivity index (χ4v) is 2.63. The summed E-state index contributed by atoms with van der Waals surface area (Å²) in [5.41, 5.74) is 1.12. The van der Waals surface area contributed by atoms with Crippen molar-refractivity contribution in [2.45, 2.75) is 19.4 Å². The number of halogens is 1. The third-order valence-corrected chi connectivity index (χ3v) is 4.52. The molecule has 0 fully saturated rings. The molecule has 0 radical (unpaired) electrons. The van der Waals surface area contributed by atoms with Crippen LogP contribution in [0.2, 0.25) is 5.02 Å². The Labute approximate surface area is 162 Å². The maximum absolute atomic E-state index is 12.4. The molecule has 2 aromatic carbocycles. The van der Waals surface area contributed by atoms with Crippen molar-refractivity contribution in [1.82, 2.24) is 10.2 Å². The third kappa shape index (κ3) is 5.52. The summed E-state index contributed by atoms with van der Waals surface area (Å²) in [5.74, 6) is -0.459. The van der Waals surface area contributed by atoms with Crippen LogP contribution in [0, 0.1) is 10.1 Å². The van der Waals surface area contributed by atoms with Gasteiger partial charge in [-0.25, -0.2) is 0 Å². The lowest BCUT2D eigenvalue weighted by molar-refractivity contribution is -0.384. The van der Waals surface area contributed by atoms with E-state index in [-0.39, 0.29) is 36.5 Å². The predicted octanol–water partition coefficient (Wildman–Crippen LogP) is 3.59. The number of nitro groups is 1. The van der Waals surface area contributed by atoms with Crippen LogP contribution >= 0.6 is 11.6 Å². The van der Waals surface area contributed by atoms with Crippen LogP contribution in [0.25, 0.3) is 0 Å². The van der Waals surface area contributed by atoms with E-state index in [1.165, 1.54) is 17.0 Å². The molecular formula is C19H20ClN3O4. The number of hydrogen-bond donors (Lipinski definition) is 1. The van der Waals surface area contributed by atoms with Gasteiger partial charge in [0.05, 0.1) is 11.0 Å². The van der Waals surface area contributed by atoms with Gasteiger partial charge in [0.2, 0.25) is 5.91 Å². The number of carbonyl (C=O) groups is 2. The summed E-state index contributed by atoms with van der Waals surface area (Å²) in [4.78, 5) is 36.3. The molecule has 2 aromatic rings. The maximum Gasteiger partial charge on any atom is 0.269 e. The Balaban J connectivity index is 1.89. The molecule has 2 amide bonds. The van der Waals surface area contributed by atoms with Crippen molar-refractivity contribution >= 4 is 29.1 Å². The summed E-state index contributed by atoms with van der Waals surface area (Å²) >= 11 is 5.79. The number of nitro benzene ring substituents is 1. The van der Waals surface area contributed by atoms with E-state index in [4.69, 9.17) is 11.6 Å².